The van der Waals surface area contributed by atoms with Crippen LogP contribution >= 0.6 is 23.4 Å². The minimum absolute atomic E-state index is 0.188. The molecule has 1 saturated heterocycles. The van der Waals surface area contributed by atoms with E-state index in [0.29, 0.717) is 17.1 Å². The highest BCUT2D eigenvalue weighted by molar-refractivity contribution is 8.18. The van der Waals surface area contributed by atoms with Crippen LogP contribution in [0.5, 0.6) is 0 Å². The summed E-state index contributed by atoms with van der Waals surface area (Å²) in [6.45, 7) is 0.188. The Labute approximate surface area is 210 Å². The SMILES string of the molecule is COC(=O)c1cc(-c2ccc(/C=C3/SC(=O)N(Cc4cccc5ccccc45)C3=O)o2)ccc1Cl. The lowest BCUT2D eigenvalue weighted by Gasteiger charge is -2.14. The molecule has 0 radical (unpaired) electrons. The topological polar surface area (TPSA) is 76.8 Å². The first-order valence-electron chi connectivity index (χ1n) is 10.6. The van der Waals surface area contributed by atoms with Gasteiger partial charge in [0, 0.05) is 11.6 Å². The van der Waals surface area contributed by atoms with Gasteiger partial charge in [0.1, 0.15) is 11.5 Å². The molecule has 1 fully saturated rings. The van der Waals surface area contributed by atoms with Gasteiger partial charge < -0.3 is 9.15 Å². The van der Waals surface area contributed by atoms with Crippen LogP contribution in [0.1, 0.15) is 21.7 Å². The van der Waals surface area contributed by atoms with Crippen molar-refractivity contribution < 1.29 is 23.5 Å². The molecule has 5 rings (SSSR count). The number of nitrogens with zero attached hydrogens (tertiary/aromatic N) is 1. The van der Waals surface area contributed by atoms with Crippen LogP contribution in [0, 0.1) is 0 Å². The number of thioether (sulfide) groups is 1. The summed E-state index contributed by atoms with van der Waals surface area (Å²) in [7, 11) is 1.28. The number of rotatable bonds is 5. The van der Waals surface area contributed by atoms with E-state index in [1.54, 1.807) is 36.4 Å². The number of ether oxygens (including phenoxy) is 1. The Morgan fingerprint density at radius 2 is 1.86 bits per heavy atom. The molecule has 1 aromatic heterocycles. The van der Waals surface area contributed by atoms with Crippen molar-refractivity contribution in [3.8, 4) is 11.3 Å². The molecule has 8 heteroatoms. The van der Waals surface area contributed by atoms with Gasteiger partial charge in [-0.1, -0.05) is 54.1 Å². The zero-order chi connectivity index (χ0) is 24.5. The van der Waals surface area contributed by atoms with Crippen LogP contribution in [0.25, 0.3) is 28.2 Å². The molecule has 174 valence electrons. The number of esters is 1. The normalized spacial score (nSPS) is 14.8. The third-order valence-electron chi connectivity index (χ3n) is 5.64. The zero-order valence-corrected chi connectivity index (χ0v) is 20.1. The number of methoxy groups -OCH3 is 1. The van der Waals surface area contributed by atoms with Gasteiger partial charge in [-0.15, -0.1) is 0 Å². The number of benzene rings is 3. The molecule has 0 saturated carbocycles. The average Bonchev–Trinajstić information content (AvgIpc) is 3.44. The van der Waals surface area contributed by atoms with Crippen LogP contribution < -0.4 is 0 Å². The highest BCUT2D eigenvalue weighted by Gasteiger charge is 2.35. The number of imide groups is 1. The van der Waals surface area contributed by atoms with Gasteiger partial charge in [-0.25, -0.2) is 4.79 Å². The standard InChI is InChI=1S/C27H18ClNO5S/c1-33-26(31)21-13-17(9-11-22(21)28)23-12-10-19(34-23)14-24-25(30)29(27(32)35-24)15-18-7-4-6-16-5-2-3-8-20(16)18/h2-14H,15H2,1H3/b24-14+. The molecule has 0 aliphatic carbocycles. The predicted octanol–water partition coefficient (Wildman–Crippen LogP) is 6.78. The van der Waals surface area contributed by atoms with Crippen molar-refractivity contribution in [1.29, 1.82) is 0 Å². The van der Waals surface area contributed by atoms with Crippen LogP contribution in [-0.4, -0.2) is 29.1 Å². The van der Waals surface area contributed by atoms with Crippen molar-refractivity contribution in [2.24, 2.45) is 0 Å². The molecule has 0 spiro atoms. The Morgan fingerprint density at radius 1 is 1.06 bits per heavy atom. The maximum absolute atomic E-state index is 13.0. The molecule has 4 aromatic rings. The van der Waals surface area contributed by atoms with Gasteiger partial charge >= 0.3 is 5.97 Å². The van der Waals surface area contributed by atoms with Crippen molar-refractivity contribution in [1.82, 2.24) is 4.90 Å². The summed E-state index contributed by atoms with van der Waals surface area (Å²) >= 11 is 6.97. The number of amides is 2. The van der Waals surface area contributed by atoms with Crippen molar-refractivity contribution >= 4 is 57.3 Å². The lowest BCUT2D eigenvalue weighted by molar-refractivity contribution is -0.123. The minimum atomic E-state index is -0.552. The number of carbonyl (C=O) groups excluding carboxylic acids is 3. The van der Waals surface area contributed by atoms with E-state index in [0.717, 1.165) is 28.1 Å². The number of furan rings is 1. The third kappa shape index (κ3) is 4.48. The van der Waals surface area contributed by atoms with E-state index in [1.807, 2.05) is 42.5 Å². The van der Waals surface area contributed by atoms with Crippen LogP contribution in [0.15, 0.2) is 82.1 Å². The molecule has 1 aliphatic heterocycles. The second-order valence-electron chi connectivity index (χ2n) is 7.79. The molecular formula is C27H18ClNO5S. The van der Waals surface area contributed by atoms with Gasteiger partial charge in [0.25, 0.3) is 11.1 Å². The van der Waals surface area contributed by atoms with E-state index in [2.05, 4.69) is 0 Å². The fourth-order valence-electron chi connectivity index (χ4n) is 3.90. The van der Waals surface area contributed by atoms with Gasteiger partial charge in [-0.05, 0) is 58.4 Å². The number of fused-ring (bicyclic) bond motifs is 1. The fraction of sp³-hybridized carbons (Fsp3) is 0.0741. The summed E-state index contributed by atoms with van der Waals surface area (Å²) in [5.41, 5.74) is 1.74. The second-order valence-corrected chi connectivity index (χ2v) is 9.19. The van der Waals surface area contributed by atoms with Crippen molar-refractivity contribution in [2.45, 2.75) is 6.54 Å². The number of carbonyl (C=O) groups is 3. The van der Waals surface area contributed by atoms with Gasteiger partial charge in [-0.3, -0.25) is 14.5 Å². The van der Waals surface area contributed by atoms with Crippen molar-refractivity contribution in [2.75, 3.05) is 7.11 Å². The number of halogens is 1. The largest absolute Gasteiger partial charge is 0.465 e. The molecule has 2 heterocycles. The van der Waals surface area contributed by atoms with E-state index in [-0.39, 0.29) is 33.2 Å². The van der Waals surface area contributed by atoms with Crippen LogP contribution in [0.2, 0.25) is 5.02 Å². The molecule has 35 heavy (non-hydrogen) atoms. The van der Waals surface area contributed by atoms with Crippen LogP contribution in [0.3, 0.4) is 0 Å². The highest BCUT2D eigenvalue weighted by atomic mass is 35.5. The summed E-state index contributed by atoms with van der Waals surface area (Å²) in [5, 5.41) is 1.99. The van der Waals surface area contributed by atoms with E-state index in [9.17, 15) is 14.4 Å². The molecule has 0 atom stereocenters. The first kappa shape index (κ1) is 23.0. The third-order valence-corrected chi connectivity index (χ3v) is 6.88. The Kier molecular flexibility index (Phi) is 6.19. The first-order chi connectivity index (χ1) is 16.9. The lowest BCUT2D eigenvalue weighted by atomic mass is 10.0. The Balaban J connectivity index is 1.38. The molecular weight excluding hydrogens is 486 g/mol. The van der Waals surface area contributed by atoms with Crippen LogP contribution in [0.4, 0.5) is 4.79 Å². The van der Waals surface area contributed by atoms with Crippen molar-refractivity contribution in [3.05, 3.63) is 99.6 Å². The molecule has 1 aliphatic rings. The van der Waals surface area contributed by atoms with Gasteiger partial charge in [-0.2, -0.15) is 0 Å². The summed E-state index contributed by atoms with van der Waals surface area (Å²) in [5.74, 6) is -0.0351. The second kappa shape index (κ2) is 9.44. The lowest BCUT2D eigenvalue weighted by Crippen LogP contribution is -2.27. The minimum Gasteiger partial charge on any atom is -0.465 e. The summed E-state index contributed by atoms with van der Waals surface area (Å²) < 4.78 is 10.6. The highest BCUT2D eigenvalue weighted by Crippen LogP contribution is 2.35. The Hall–Kier alpha value is -3.81. The average molecular weight is 504 g/mol. The molecule has 0 N–H and O–H groups in total. The van der Waals surface area contributed by atoms with Crippen LogP contribution in [-0.2, 0) is 16.1 Å². The predicted molar refractivity (Wildman–Crippen MR) is 136 cm³/mol. The summed E-state index contributed by atoms with van der Waals surface area (Å²) in [6.07, 6.45) is 1.55. The molecule has 0 bridgehead atoms. The summed E-state index contributed by atoms with van der Waals surface area (Å²) in [4.78, 5) is 39.1. The monoisotopic (exact) mass is 503 g/mol. The fourth-order valence-corrected chi connectivity index (χ4v) is 4.91. The van der Waals surface area contributed by atoms with E-state index in [4.69, 9.17) is 20.8 Å². The maximum Gasteiger partial charge on any atom is 0.339 e. The molecule has 3 aromatic carbocycles. The zero-order valence-electron chi connectivity index (χ0n) is 18.5. The number of hydrogen-bond acceptors (Lipinski definition) is 6. The van der Waals surface area contributed by atoms with Gasteiger partial charge in [0.05, 0.1) is 29.1 Å². The molecule has 2 amide bonds. The van der Waals surface area contributed by atoms with Gasteiger partial charge in [0.2, 0.25) is 0 Å². The Bertz CT molecular complexity index is 1520. The number of hydrogen-bond donors (Lipinski definition) is 0. The molecule has 0 unspecified atom stereocenters. The van der Waals surface area contributed by atoms with Gasteiger partial charge in [0.15, 0.2) is 0 Å². The van der Waals surface area contributed by atoms with Crippen molar-refractivity contribution in [3.63, 3.8) is 0 Å². The molecule has 6 nitrogen and oxygen atoms in total. The maximum atomic E-state index is 13.0. The van der Waals surface area contributed by atoms with E-state index >= 15 is 0 Å². The Morgan fingerprint density at radius 3 is 2.69 bits per heavy atom. The quantitative estimate of drug-likeness (QED) is 0.221. The van der Waals surface area contributed by atoms with E-state index in [1.165, 1.54) is 12.0 Å². The summed E-state index contributed by atoms with van der Waals surface area (Å²) in [6, 6.07) is 22.0. The smallest absolute Gasteiger partial charge is 0.339 e. The van der Waals surface area contributed by atoms with E-state index < -0.39 is 5.97 Å². The first-order valence-corrected chi connectivity index (χ1v) is 11.8.